The van der Waals surface area contributed by atoms with Crippen molar-refractivity contribution in [1.82, 2.24) is 9.55 Å². The molecule has 118 valence electrons. The largest absolute Gasteiger partial charge is 0.495 e. The van der Waals surface area contributed by atoms with Gasteiger partial charge in [0.05, 0.1) is 30.2 Å². The van der Waals surface area contributed by atoms with Crippen molar-refractivity contribution in [1.29, 1.82) is 0 Å². The molecule has 1 aromatic heterocycles. The van der Waals surface area contributed by atoms with E-state index in [-0.39, 0.29) is 18.0 Å². The zero-order valence-corrected chi connectivity index (χ0v) is 12.2. The SMILES string of the molecule is COc1ccccc1NC(=O)Cn1cnc2cc(F)c(F)cc21. The number of hydrogen-bond donors (Lipinski definition) is 1. The van der Waals surface area contributed by atoms with Crippen molar-refractivity contribution in [2.45, 2.75) is 6.54 Å². The number of ether oxygens (including phenoxy) is 1. The number of nitrogens with zero attached hydrogens (tertiary/aromatic N) is 2. The van der Waals surface area contributed by atoms with Gasteiger partial charge < -0.3 is 14.6 Å². The molecule has 0 saturated carbocycles. The number of rotatable bonds is 4. The Kier molecular flexibility index (Phi) is 3.92. The second kappa shape index (κ2) is 6.04. The van der Waals surface area contributed by atoms with Crippen molar-refractivity contribution in [3.05, 3.63) is 54.4 Å². The number of methoxy groups -OCH3 is 1. The van der Waals surface area contributed by atoms with Gasteiger partial charge in [-0.1, -0.05) is 12.1 Å². The summed E-state index contributed by atoms with van der Waals surface area (Å²) in [6, 6.07) is 9.00. The van der Waals surface area contributed by atoms with Gasteiger partial charge in [-0.05, 0) is 12.1 Å². The number of benzene rings is 2. The zero-order chi connectivity index (χ0) is 16.4. The van der Waals surface area contributed by atoms with Gasteiger partial charge in [0, 0.05) is 12.1 Å². The molecule has 1 heterocycles. The van der Waals surface area contributed by atoms with Crippen LogP contribution >= 0.6 is 0 Å². The van der Waals surface area contributed by atoms with Gasteiger partial charge in [0.2, 0.25) is 5.91 Å². The minimum atomic E-state index is -0.982. The quantitative estimate of drug-likeness (QED) is 0.805. The lowest BCUT2D eigenvalue weighted by molar-refractivity contribution is -0.116. The predicted molar refractivity (Wildman–Crippen MR) is 81.3 cm³/mol. The first kappa shape index (κ1) is 15.0. The molecule has 7 heteroatoms. The third-order valence-electron chi connectivity index (χ3n) is 3.36. The Balaban J connectivity index is 1.82. The number of imidazole rings is 1. The fourth-order valence-electron chi connectivity index (χ4n) is 2.27. The smallest absolute Gasteiger partial charge is 0.244 e. The van der Waals surface area contributed by atoms with Gasteiger partial charge in [-0.3, -0.25) is 4.79 Å². The molecule has 23 heavy (non-hydrogen) atoms. The summed E-state index contributed by atoms with van der Waals surface area (Å²) in [7, 11) is 1.51. The molecule has 2 aromatic carbocycles. The molecular weight excluding hydrogens is 304 g/mol. The van der Waals surface area contributed by atoms with Crippen LogP contribution in [0.15, 0.2) is 42.7 Å². The minimum Gasteiger partial charge on any atom is -0.495 e. The summed E-state index contributed by atoms with van der Waals surface area (Å²) in [5, 5.41) is 2.71. The molecule has 0 aliphatic rings. The van der Waals surface area contributed by atoms with Gasteiger partial charge in [0.15, 0.2) is 11.6 Å². The summed E-state index contributed by atoms with van der Waals surface area (Å²) in [5.41, 5.74) is 1.16. The van der Waals surface area contributed by atoms with E-state index < -0.39 is 11.6 Å². The maximum atomic E-state index is 13.4. The van der Waals surface area contributed by atoms with Crippen LogP contribution in [0, 0.1) is 11.6 Å². The van der Waals surface area contributed by atoms with Crippen LogP contribution in [0.5, 0.6) is 5.75 Å². The standard InChI is InChI=1S/C16H13F2N3O2/c1-23-15-5-3-2-4-12(15)20-16(22)8-21-9-19-13-6-10(17)11(18)7-14(13)21/h2-7,9H,8H2,1H3,(H,20,22). The van der Waals surface area contributed by atoms with E-state index in [2.05, 4.69) is 10.3 Å². The second-order valence-corrected chi connectivity index (χ2v) is 4.88. The fraction of sp³-hybridized carbons (Fsp3) is 0.125. The number of anilines is 1. The molecule has 3 aromatic rings. The molecule has 0 aliphatic heterocycles. The maximum absolute atomic E-state index is 13.4. The summed E-state index contributed by atoms with van der Waals surface area (Å²) in [6.45, 7) is -0.0837. The average Bonchev–Trinajstić information content (AvgIpc) is 2.90. The highest BCUT2D eigenvalue weighted by atomic mass is 19.2. The molecule has 1 N–H and O–H groups in total. The van der Waals surface area contributed by atoms with E-state index in [9.17, 15) is 13.6 Å². The normalized spacial score (nSPS) is 10.7. The van der Waals surface area contributed by atoms with Gasteiger partial charge >= 0.3 is 0 Å². The van der Waals surface area contributed by atoms with E-state index in [1.807, 2.05) is 0 Å². The summed E-state index contributed by atoms with van der Waals surface area (Å²) < 4.78 is 33.1. The maximum Gasteiger partial charge on any atom is 0.244 e. The van der Waals surface area contributed by atoms with Crippen LogP contribution in [0.4, 0.5) is 14.5 Å². The lowest BCUT2D eigenvalue weighted by atomic mass is 10.3. The van der Waals surface area contributed by atoms with Crippen LogP contribution in [-0.4, -0.2) is 22.6 Å². The van der Waals surface area contributed by atoms with Crippen LogP contribution in [0.2, 0.25) is 0 Å². The first-order valence-electron chi connectivity index (χ1n) is 6.81. The van der Waals surface area contributed by atoms with Crippen molar-refractivity contribution in [2.75, 3.05) is 12.4 Å². The molecule has 0 unspecified atom stereocenters. The van der Waals surface area contributed by atoms with Crippen molar-refractivity contribution in [3.63, 3.8) is 0 Å². The summed E-state index contributed by atoms with van der Waals surface area (Å²) in [5.74, 6) is -1.76. The Labute approximate surface area is 130 Å². The van der Waals surface area contributed by atoms with Gasteiger partial charge in [-0.2, -0.15) is 0 Å². The van der Waals surface area contributed by atoms with Crippen LogP contribution in [0.1, 0.15) is 0 Å². The molecule has 0 atom stereocenters. The topological polar surface area (TPSA) is 56.1 Å². The Morgan fingerprint density at radius 2 is 2.00 bits per heavy atom. The predicted octanol–water partition coefficient (Wildman–Crippen LogP) is 2.96. The lowest BCUT2D eigenvalue weighted by Gasteiger charge is -2.10. The van der Waals surface area contributed by atoms with E-state index in [1.165, 1.54) is 18.0 Å². The summed E-state index contributed by atoms with van der Waals surface area (Å²) in [4.78, 5) is 16.1. The molecule has 0 radical (unpaired) electrons. The van der Waals surface area contributed by atoms with Crippen molar-refractivity contribution >= 4 is 22.6 Å². The van der Waals surface area contributed by atoms with E-state index in [4.69, 9.17) is 4.74 Å². The number of amides is 1. The number of hydrogen-bond acceptors (Lipinski definition) is 3. The summed E-state index contributed by atoms with van der Waals surface area (Å²) >= 11 is 0. The van der Waals surface area contributed by atoms with E-state index in [1.54, 1.807) is 24.3 Å². The van der Waals surface area contributed by atoms with E-state index >= 15 is 0 Å². The highest BCUT2D eigenvalue weighted by Gasteiger charge is 2.12. The van der Waals surface area contributed by atoms with Crippen LogP contribution in [0.3, 0.4) is 0 Å². The molecule has 0 fully saturated rings. The van der Waals surface area contributed by atoms with Crippen molar-refractivity contribution in [3.8, 4) is 5.75 Å². The Morgan fingerprint density at radius 1 is 1.26 bits per heavy atom. The average molecular weight is 317 g/mol. The Morgan fingerprint density at radius 3 is 2.78 bits per heavy atom. The molecule has 3 rings (SSSR count). The molecule has 0 bridgehead atoms. The van der Waals surface area contributed by atoms with E-state index in [0.29, 0.717) is 17.0 Å². The van der Waals surface area contributed by atoms with Crippen LogP contribution < -0.4 is 10.1 Å². The van der Waals surface area contributed by atoms with Crippen LogP contribution in [0.25, 0.3) is 11.0 Å². The molecule has 1 amide bonds. The third-order valence-corrected chi connectivity index (χ3v) is 3.36. The molecule has 5 nitrogen and oxygen atoms in total. The Bertz CT molecular complexity index is 877. The number of halogens is 2. The number of aromatic nitrogens is 2. The highest BCUT2D eigenvalue weighted by molar-refractivity contribution is 5.93. The molecule has 0 aliphatic carbocycles. The van der Waals surface area contributed by atoms with E-state index in [0.717, 1.165) is 12.1 Å². The monoisotopic (exact) mass is 317 g/mol. The Hall–Kier alpha value is -2.96. The van der Waals surface area contributed by atoms with Crippen LogP contribution in [-0.2, 0) is 11.3 Å². The zero-order valence-electron chi connectivity index (χ0n) is 12.2. The number of fused-ring (bicyclic) bond motifs is 1. The third kappa shape index (κ3) is 2.98. The minimum absolute atomic E-state index is 0.0837. The second-order valence-electron chi connectivity index (χ2n) is 4.88. The lowest BCUT2D eigenvalue weighted by Crippen LogP contribution is -2.18. The van der Waals surface area contributed by atoms with Gasteiger partial charge in [-0.25, -0.2) is 13.8 Å². The van der Waals surface area contributed by atoms with Gasteiger partial charge in [0.25, 0.3) is 0 Å². The highest BCUT2D eigenvalue weighted by Crippen LogP contribution is 2.23. The summed E-state index contributed by atoms with van der Waals surface area (Å²) in [6.07, 6.45) is 1.37. The van der Waals surface area contributed by atoms with Crippen molar-refractivity contribution < 1.29 is 18.3 Å². The fourth-order valence-corrected chi connectivity index (χ4v) is 2.27. The van der Waals surface area contributed by atoms with Gasteiger partial charge in [-0.15, -0.1) is 0 Å². The van der Waals surface area contributed by atoms with Gasteiger partial charge in [0.1, 0.15) is 12.3 Å². The number of para-hydroxylation sites is 2. The number of nitrogens with one attached hydrogen (secondary N) is 1. The molecular formula is C16H13F2N3O2. The first-order chi connectivity index (χ1) is 11.1. The number of carbonyl (C=O) groups excluding carboxylic acids is 1. The molecule has 0 saturated heterocycles. The molecule has 0 spiro atoms. The van der Waals surface area contributed by atoms with Crippen molar-refractivity contribution in [2.24, 2.45) is 0 Å². The first-order valence-corrected chi connectivity index (χ1v) is 6.81. The number of carbonyl (C=O) groups is 1.